The number of halogens is 2. The first-order valence-corrected chi connectivity index (χ1v) is 9.90. The van der Waals surface area contributed by atoms with Gasteiger partial charge in [0.1, 0.15) is 6.04 Å². The van der Waals surface area contributed by atoms with E-state index >= 15 is 0 Å². The molecule has 0 aliphatic heterocycles. The number of hydrogen-bond acceptors (Lipinski definition) is 4. The molecule has 1 unspecified atom stereocenters. The van der Waals surface area contributed by atoms with Crippen LogP contribution in [0.1, 0.15) is 19.4 Å². The topological polar surface area (TPSA) is 67.9 Å². The van der Waals surface area contributed by atoms with Crippen molar-refractivity contribution in [2.75, 3.05) is 20.3 Å². The SMILES string of the molecule is CCNC(=O)C(C)N(Cc1c(Cl)cccc1Cl)C(=O)COc1ccccc1OC. The van der Waals surface area contributed by atoms with Crippen molar-refractivity contribution in [3.8, 4) is 11.5 Å². The first-order chi connectivity index (χ1) is 13.9. The number of carbonyl (C=O) groups is 2. The molecule has 156 valence electrons. The van der Waals surface area contributed by atoms with Crippen LogP contribution in [0.15, 0.2) is 42.5 Å². The van der Waals surface area contributed by atoms with Gasteiger partial charge in [-0.05, 0) is 38.1 Å². The lowest BCUT2D eigenvalue weighted by Gasteiger charge is -2.29. The summed E-state index contributed by atoms with van der Waals surface area (Å²) in [6, 6.07) is 11.4. The Morgan fingerprint density at radius 3 is 2.28 bits per heavy atom. The molecule has 2 rings (SSSR count). The van der Waals surface area contributed by atoms with Gasteiger partial charge in [0.25, 0.3) is 5.91 Å². The fraction of sp³-hybridized carbons (Fsp3) is 0.333. The maximum atomic E-state index is 13.0. The van der Waals surface area contributed by atoms with E-state index in [-0.39, 0.29) is 25.0 Å². The monoisotopic (exact) mass is 438 g/mol. The number of benzene rings is 2. The van der Waals surface area contributed by atoms with E-state index in [1.807, 2.05) is 6.92 Å². The Balaban J connectivity index is 2.23. The summed E-state index contributed by atoms with van der Waals surface area (Å²) in [6.45, 7) is 3.72. The highest BCUT2D eigenvalue weighted by atomic mass is 35.5. The highest BCUT2D eigenvalue weighted by Gasteiger charge is 2.27. The molecular formula is C21H24Cl2N2O4. The molecule has 0 bridgehead atoms. The fourth-order valence-electron chi connectivity index (χ4n) is 2.72. The molecular weight excluding hydrogens is 415 g/mol. The number of ether oxygens (including phenoxy) is 2. The van der Waals surface area contributed by atoms with E-state index in [9.17, 15) is 9.59 Å². The lowest BCUT2D eigenvalue weighted by atomic mass is 10.1. The Labute approximate surface area is 180 Å². The predicted molar refractivity (Wildman–Crippen MR) is 114 cm³/mol. The van der Waals surface area contributed by atoms with E-state index in [4.69, 9.17) is 32.7 Å². The Kier molecular flexibility index (Phi) is 8.61. The Hall–Kier alpha value is -2.44. The number of nitrogens with zero attached hydrogens (tertiary/aromatic N) is 1. The van der Waals surface area contributed by atoms with Crippen molar-refractivity contribution in [1.82, 2.24) is 10.2 Å². The van der Waals surface area contributed by atoms with Crippen LogP contribution in [0.4, 0.5) is 0 Å². The van der Waals surface area contributed by atoms with Crippen LogP contribution in [0.5, 0.6) is 11.5 Å². The first kappa shape index (κ1) is 22.8. The second-order valence-corrected chi connectivity index (χ2v) is 7.05. The molecule has 2 amide bonds. The summed E-state index contributed by atoms with van der Waals surface area (Å²) in [5, 5.41) is 3.57. The van der Waals surface area contributed by atoms with Gasteiger partial charge in [-0.1, -0.05) is 41.4 Å². The number of hydrogen-bond donors (Lipinski definition) is 1. The summed E-state index contributed by atoms with van der Waals surface area (Å²) in [5.74, 6) is 0.287. The van der Waals surface area contributed by atoms with E-state index < -0.39 is 6.04 Å². The number of carbonyl (C=O) groups excluding carboxylic acids is 2. The number of amides is 2. The molecule has 0 aliphatic rings. The minimum Gasteiger partial charge on any atom is -0.493 e. The largest absolute Gasteiger partial charge is 0.493 e. The quantitative estimate of drug-likeness (QED) is 0.643. The zero-order chi connectivity index (χ0) is 21.4. The summed E-state index contributed by atoms with van der Waals surface area (Å²) in [4.78, 5) is 26.8. The van der Waals surface area contributed by atoms with Crippen molar-refractivity contribution in [1.29, 1.82) is 0 Å². The summed E-state index contributed by atoms with van der Waals surface area (Å²) < 4.78 is 10.9. The van der Waals surface area contributed by atoms with Crippen molar-refractivity contribution in [2.24, 2.45) is 0 Å². The van der Waals surface area contributed by atoms with E-state index in [1.165, 1.54) is 12.0 Å². The van der Waals surface area contributed by atoms with Crippen LogP contribution in [-0.2, 0) is 16.1 Å². The summed E-state index contributed by atoms with van der Waals surface area (Å²) in [6.07, 6.45) is 0. The van der Waals surface area contributed by atoms with E-state index in [1.54, 1.807) is 49.4 Å². The average Bonchev–Trinajstić information content (AvgIpc) is 2.71. The van der Waals surface area contributed by atoms with Crippen molar-refractivity contribution in [3.63, 3.8) is 0 Å². The van der Waals surface area contributed by atoms with Crippen molar-refractivity contribution >= 4 is 35.0 Å². The Bertz CT molecular complexity index is 840. The molecule has 6 nitrogen and oxygen atoms in total. The van der Waals surface area contributed by atoms with Crippen LogP contribution < -0.4 is 14.8 Å². The first-order valence-electron chi connectivity index (χ1n) is 9.14. The zero-order valence-electron chi connectivity index (χ0n) is 16.6. The summed E-state index contributed by atoms with van der Waals surface area (Å²) in [5.41, 5.74) is 0.567. The molecule has 0 saturated heterocycles. The number of para-hydroxylation sites is 2. The average molecular weight is 439 g/mol. The number of rotatable bonds is 9. The second kappa shape index (κ2) is 10.9. The third-order valence-electron chi connectivity index (χ3n) is 4.33. The van der Waals surface area contributed by atoms with Gasteiger partial charge in [-0.2, -0.15) is 0 Å². The van der Waals surface area contributed by atoms with Crippen molar-refractivity contribution in [3.05, 3.63) is 58.1 Å². The lowest BCUT2D eigenvalue weighted by Crippen LogP contribution is -2.49. The molecule has 0 radical (unpaired) electrons. The van der Waals surface area contributed by atoms with Crippen LogP contribution in [0.3, 0.4) is 0 Å². The maximum Gasteiger partial charge on any atom is 0.261 e. The van der Waals surface area contributed by atoms with Gasteiger partial charge < -0.3 is 19.7 Å². The van der Waals surface area contributed by atoms with Gasteiger partial charge >= 0.3 is 0 Å². The van der Waals surface area contributed by atoms with E-state index in [2.05, 4.69) is 5.32 Å². The molecule has 8 heteroatoms. The molecule has 0 saturated carbocycles. The smallest absolute Gasteiger partial charge is 0.261 e. The van der Waals surface area contributed by atoms with Crippen LogP contribution >= 0.6 is 23.2 Å². The zero-order valence-corrected chi connectivity index (χ0v) is 18.1. The Morgan fingerprint density at radius 1 is 1.07 bits per heavy atom. The van der Waals surface area contributed by atoms with E-state index in [0.717, 1.165) is 0 Å². The molecule has 0 fully saturated rings. The van der Waals surface area contributed by atoms with Crippen molar-refractivity contribution < 1.29 is 19.1 Å². The predicted octanol–water partition coefficient (Wildman–Crippen LogP) is 3.93. The molecule has 2 aromatic carbocycles. The number of likely N-dealkylation sites (N-methyl/N-ethyl adjacent to an activating group) is 1. The lowest BCUT2D eigenvalue weighted by molar-refractivity contribution is -0.142. The molecule has 0 heterocycles. The standard InChI is InChI=1S/C21H24Cl2N2O4/c1-4-24-21(27)14(2)25(12-15-16(22)8-7-9-17(15)23)20(26)13-29-19-11-6-5-10-18(19)28-3/h5-11,14H,4,12-13H2,1-3H3,(H,24,27). The van der Waals surface area contributed by atoms with Gasteiger partial charge in [-0.3, -0.25) is 9.59 Å². The minimum absolute atomic E-state index is 0.0743. The van der Waals surface area contributed by atoms with Crippen LogP contribution in [0.25, 0.3) is 0 Å². The normalized spacial score (nSPS) is 11.5. The molecule has 1 atom stereocenters. The van der Waals surface area contributed by atoms with Gasteiger partial charge in [0.15, 0.2) is 18.1 Å². The molecule has 2 aromatic rings. The number of methoxy groups -OCH3 is 1. The molecule has 1 N–H and O–H groups in total. The molecule has 0 aliphatic carbocycles. The van der Waals surface area contributed by atoms with Gasteiger partial charge in [-0.15, -0.1) is 0 Å². The minimum atomic E-state index is -0.740. The fourth-order valence-corrected chi connectivity index (χ4v) is 3.24. The second-order valence-electron chi connectivity index (χ2n) is 6.23. The molecule has 29 heavy (non-hydrogen) atoms. The third-order valence-corrected chi connectivity index (χ3v) is 5.04. The maximum absolute atomic E-state index is 13.0. The van der Waals surface area contributed by atoms with E-state index in [0.29, 0.717) is 33.7 Å². The van der Waals surface area contributed by atoms with Crippen LogP contribution in [0, 0.1) is 0 Å². The summed E-state index contributed by atoms with van der Waals surface area (Å²) >= 11 is 12.5. The van der Waals surface area contributed by atoms with Crippen molar-refractivity contribution in [2.45, 2.75) is 26.4 Å². The molecule has 0 aromatic heterocycles. The van der Waals surface area contributed by atoms with Gasteiger partial charge in [0, 0.05) is 28.7 Å². The number of nitrogens with one attached hydrogen (secondary N) is 1. The van der Waals surface area contributed by atoms with Crippen LogP contribution in [-0.4, -0.2) is 43.0 Å². The highest BCUT2D eigenvalue weighted by Crippen LogP contribution is 2.28. The summed E-state index contributed by atoms with van der Waals surface area (Å²) in [7, 11) is 1.52. The van der Waals surface area contributed by atoms with Crippen LogP contribution in [0.2, 0.25) is 10.0 Å². The molecule has 0 spiro atoms. The van der Waals surface area contributed by atoms with Gasteiger partial charge in [0.05, 0.1) is 7.11 Å². The Morgan fingerprint density at radius 2 is 1.69 bits per heavy atom. The highest BCUT2D eigenvalue weighted by molar-refractivity contribution is 6.36. The van der Waals surface area contributed by atoms with Gasteiger partial charge in [0.2, 0.25) is 5.91 Å². The third kappa shape index (κ3) is 6.02. The van der Waals surface area contributed by atoms with Gasteiger partial charge in [-0.25, -0.2) is 0 Å².